The average molecular weight is 1720 g/mol. The number of aromatic nitrogens is 8. The summed E-state index contributed by atoms with van der Waals surface area (Å²) >= 11 is 7.30. The third-order valence-electron chi connectivity index (χ3n) is 22.6. The molecular weight excluding hydrogens is 1640 g/mol. The van der Waals surface area contributed by atoms with Crippen LogP contribution < -0.4 is 20.2 Å². The molecule has 123 heavy (non-hydrogen) atoms. The third-order valence-corrected chi connectivity index (χ3v) is 23.5. The minimum absolute atomic E-state index is 0. The lowest BCUT2D eigenvalue weighted by molar-refractivity contribution is 0.426. The average Bonchev–Trinajstić information content (AvgIpc) is 1.56. The molecule has 23 rings (SSSR count). The van der Waals surface area contributed by atoms with Crippen molar-refractivity contribution < 1.29 is 10.0 Å². The van der Waals surface area contributed by atoms with Gasteiger partial charge in [0.25, 0.3) is 0 Å². The van der Waals surface area contributed by atoms with Crippen LogP contribution in [0.1, 0.15) is 7.43 Å². The van der Waals surface area contributed by atoms with Gasteiger partial charge in [-0.2, -0.15) is 0 Å². The highest BCUT2D eigenvalue weighted by Gasteiger charge is 2.25. The van der Waals surface area contributed by atoms with Crippen molar-refractivity contribution in [1.29, 1.82) is 0 Å². The number of halogens is 2. The van der Waals surface area contributed by atoms with Crippen molar-refractivity contribution in [3.05, 3.63) is 434 Å². The Morgan fingerprint density at radius 1 is 0.228 bits per heavy atom. The second-order valence-electron chi connectivity index (χ2n) is 29.9. The van der Waals surface area contributed by atoms with E-state index < -0.39 is 7.12 Å². The van der Waals surface area contributed by atoms with E-state index in [0.29, 0.717) is 5.46 Å². The number of benzene rings is 17. The fraction of sp³-hybridized carbons (Fsp3) is 0.00935. The molecule has 16 heteroatoms. The van der Waals surface area contributed by atoms with Crippen LogP contribution in [0.3, 0.4) is 0 Å². The van der Waals surface area contributed by atoms with Gasteiger partial charge in [0.05, 0.1) is 55.2 Å². The van der Waals surface area contributed by atoms with E-state index in [0.717, 1.165) is 182 Å². The van der Waals surface area contributed by atoms with E-state index in [-0.39, 0.29) is 7.43 Å². The van der Waals surface area contributed by atoms with Gasteiger partial charge in [0.1, 0.15) is 11.3 Å². The molecule has 0 unspecified atom stereocenters. The van der Waals surface area contributed by atoms with E-state index in [2.05, 4.69) is 380 Å². The van der Waals surface area contributed by atoms with E-state index in [1.807, 2.05) is 97.1 Å². The molecule has 0 saturated carbocycles. The van der Waals surface area contributed by atoms with Gasteiger partial charge in [0.15, 0.2) is 0 Å². The summed E-state index contributed by atoms with van der Waals surface area (Å²) in [6.07, 6.45) is 0. The van der Waals surface area contributed by atoms with Crippen molar-refractivity contribution in [1.82, 2.24) is 37.9 Å². The summed E-state index contributed by atoms with van der Waals surface area (Å²) < 4.78 is 11.1. The van der Waals surface area contributed by atoms with Gasteiger partial charge < -0.3 is 24.7 Å². The van der Waals surface area contributed by atoms with Gasteiger partial charge in [-0.25, -0.2) is 19.9 Å². The Labute approximate surface area is 726 Å². The quantitative estimate of drug-likeness (QED) is 0.103. The van der Waals surface area contributed by atoms with Crippen LogP contribution in [0.15, 0.2) is 434 Å². The number of imidazole rings is 2. The van der Waals surface area contributed by atoms with Crippen LogP contribution in [0.4, 0.5) is 51.2 Å². The lowest BCUT2D eigenvalue weighted by Gasteiger charge is -2.25. The number of anilines is 9. The number of hydrogen-bond acceptors (Lipinski definition) is 9. The predicted molar refractivity (Wildman–Crippen MR) is 518 cm³/mol. The molecule has 0 aliphatic carbocycles. The molecule has 6 heterocycles. The zero-order chi connectivity index (χ0) is 81.7. The van der Waals surface area contributed by atoms with Gasteiger partial charge in [-0.3, -0.25) is 17.9 Å². The van der Waals surface area contributed by atoms with Crippen molar-refractivity contribution in [2.45, 2.75) is 7.43 Å². The Morgan fingerprint density at radius 3 is 0.813 bits per heavy atom. The van der Waals surface area contributed by atoms with Crippen molar-refractivity contribution in [3.8, 4) is 34.2 Å². The zero-order valence-electron chi connectivity index (χ0n) is 65.6. The Balaban J connectivity index is 0.000000143. The molecule has 0 amide bonds. The minimum atomic E-state index is -1.45. The van der Waals surface area contributed by atoms with Crippen molar-refractivity contribution in [2.75, 3.05) is 14.7 Å². The van der Waals surface area contributed by atoms with Gasteiger partial charge >= 0.3 is 7.12 Å². The van der Waals surface area contributed by atoms with Crippen LogP contribution in [0.25, 0.3) is 133 Å². The molecule has 0 aliphatic heterocycles. The topological polar surface area (TPSA) is 120 Å². The largest absolute Gasteiger partial charge is 0.488 e. The summed E-state index contributed by atoms with van der Waals surface area (Å²) in [4.78, 5) is 27.5. The Hall–Kier alpha value is -15.0. The van der Waals surface area contributed by atoms with Crippen molar-refractivity contribution in [3.63, 3.8) is 0 Å². The van der Waals surface area contributed by atoms with Crippen LogP contribution in [0.5, 0.6) is 0 Å². The maximum Gasteiger partial charge on any atom is 0.488 e. The van der Waals surface area contributed by atoms with E-state index >= 15 is 0 Å². The molecule has 0 fully saturated rings. The molecule has 0 radical (unpaired) electrons. The van der Waals surface area contributed by atoms with Crippen LogP contribution in [0.2, 0.25) is 0 Å². The van der Waals surface area contributed by atoms with Gasteiger partial charge in [-0.15, -0.1) is 0 Å². The molecule has 0 spiro atoms. The molecule has 13 nitrogen and oxygen atoms in total. The minimum Gasteiger partial charge on any atom is -0.423 e. The Bertz CT molecular complexity index is 7460. The second-order valence-corrected chi connectivity index (χ2v) is 31.7. The van der Waals surface area contributed by atoms with Crippen molar-refractivity contribution in [2.24, 2.45) is 0 Å². The van der Waals surface area contributed by atoms with Crippen LogP contribution in [-0.2, 0) is 0 Å². The first-order valence-electron chi connectivity index (χ1n) is 40.4. The van der Waals surface area contributed by atoms with E-state index in [1.54, 1.807) is 12.1 Å². The maximum absolute atomic E-state index is 9.23. The van der Waals surface area contributed by atoms with E-state index in [4.69, 9.17) is 19.9 Å². The highest BCUT2D eigenvalue weighted by Crippen LogP contribution is 2.44. The third kappa shape index (κ3) is 14.3. The lowest BCUT2D eigenvalue weighted by atomic mass is 9.80. The first-order valence-corrected chi connectivity index (χ1v) is 41.9. The highest BCUT2D eigenvalue weighted by molar-refractivity contribution is 9.10. The van der Waals surface area contributed by atoms with Gasteiger partial charge in [0.2, 0.25) is 11.9 Å². The fourth-order valence-electron chi connectivity index (χ4n) is 16.9. The molecule has 17 aromatic carbocycles. The van der Waals surface area contributed by atoms with Crippen LogP contribution in [0, 0.1) is 0 Å². The second kappa shape index (κ2) is 32.9. The normalized spacial score (nSPS) is 11.3. The molecule has 0 bridgehead atoms. The Kier molecular flexibility index (Phi) is 20.5. The summed E-state index contributed by atoms with van der Waals surface area (Å²) in [7, 11) is -1.45. The number of para-hydroxylation sites is 12. The Morgan fingerprint density at radius 2 is 0.488 bits per heavy atom. The van der Waals surface area contributed by atoms with Crippen LogP contribution in [-0.4, -0.2) is 55.0 Å². The SMILES string of the molecule is Brc1ccc2c(c1)c1cc(Br)ccc1n2-c1nc2ccccc2c2nc3ccccc3n12.C.OB(O)c1ccc(N(c2ccccc2)c2ccccc2)cc1.c1ccc(N(c2ccccc2)c2ccc(-c3ccc4c(c3)c3cc(-c5ccc(N(c6ccccc6)c6ccccc6)cc5)ccc3n4-c3nc4ccccc4c4nc5ccccc5n34)cc2)cc1. The number of nitrogens with zero attached hydrogens (tertiary/aromatic N) is 11. The summed E-state index contributed by atoms with van der Waals surface area (Å²) in [5.74, 6) is 1.63. The predicted octanol–water partition coefficient (Wildman–Crippen LogP) is 27.5. The standard InChI is InChI=1S/C62H42N6.C26H14Br2N4.C18H16BNO2.CH4/c1-5-17-47(18-6-1)65(48-19-7-2-8-20-48)51-35-29-43(30-36-51)45-33-39-58-54(41-45)55-42-46(44-31-37-52(38-32-44)66(49-21-9-3-10-22-49)50-23-11-4-12-24-50)34-40-59(55)67(58)62-64-56-26-14-13-25-53(56)61-63-57-27-15-16-28-60(57)68(61)62;27-15-9-11-22-18(13-15)19-14-16(28)10-12-23(19)31(22)26-30-20-6-2-1-5-17(20)25-29-21-7-3-4-8-24(21)32(25)26;21-19(22)15-11-13-18(14-12-15)20(16-7-3-1-4-8-16)17-9-5-2-6-10-17;/h1-42H;1-14H;1-14,21-22H;1H4. The highest BCUT2D eigenvalue weighted by atomic mass is 79.9. The lowest BCUT2D eigenvalue weighted by Crippen LogP contribution is -2.29. The molecule has 588 valence electrons. The summed E-state index contributed by atoms with van der Waals surface area (Å²) in [5.41, 5.74) is 26.6. The molecule has 6 aromatic heterocycles. The molecule has 0 aliphatic rings. The van der Waals surface area contributed by atoms with E-state index in [9.17, 15) is 10.0 Å². The van der Waals surface area contributed by atoms with Gasteiger partial charge in [-0.05, 0) is 246 Å². The molecular formula is C107H76BBr2N11O2. The summed E-state index contributed by atoms with van der Waals surface area (Å²) in [6, 6.07) is 147. The molecule has 23 aromatic rings. The maximum atomic E-state index is 9.23. The zero-order valence-corrected chi connectivity index (χ0v) is 68.7. The molecule has 0 saturated heterocycles. The first kappa shape index (κ1) is 76.6. The number of rotatable bonds is 14. The molecule has 2 N–H and O–H groups in total. The molecule has 0 atom stereocenters. The van der Waals surface area contributed by atoms with E-state index in [1.165, 1.54) is 10.8 Å². The van der Waals surface area contributed by atoms with Crippen molar-refractivity contribution >= 4 is 194 Å². The van der Waals surface area contributed by atoms with Gasteiger partial charge in [0, 0.05) is 92.4 Å². The van der Waals surface area contributed by atoms with Crippen LogP contribution >= 0.6 is 31.9 Å². The smallest absolute Gasteiger partial charge is 0.423 e. The number of fused-ring (bicyclic) bond motifs is 16. The summed E-state index contributed by atoms with van der Waals surface area (Å²) in [5, 5.41) is 25.1. The number of hydrogen-bond donors (Lipinski definition) is 2. The van der Waals surface area contributed by atoms with Gasteiger partial charge in [-0.1, -0.05) is 246 Å². The fourth-order valence-corrected chi connectivity index (χ4v) is 17.7. The summed E-state index contributed by atoms with van der Waals surface area (Å²) in [6.45, 7) is 0. The first-order chi connectivity index (χ1) is 60.2. The monoisotopic (exact) mass is 1720 g/mol.